The number of guanidine groups is 1. The zero-order valence-corrected chi connectivity index (χ0v) is 18.5. The number of sulfone groups is 1. The van der Waals surface area contributed by atoms with Crippen molar-refractivity contribution in [2.24, 2.45) is 4.99 Å². The zero-order chi connectivity index (χ0) is 17.0. The third kappa shape index (κ3) is 6.92. The fourth-order valence-electron chi connectivity index (χ4n) is 1.65. The van der Waals surface area contributed by atoms with E-state index in [-0.39, 0.29) is 30.5 Å². The summed E-state index contributed by atoms with van der Waals surface area (Å²) in [5, 5.41) is 6.24. The first-order valence-electron chi connectivity index (χ1n) is 7.17. The van der Waals surface area contributed by atoms with Crippen LogP contribution < -0.4 is 5.32 Å². The fraction of sp³-hybridized carbons (Fsp3) is 0.714. The number of rotatable bonds is 6. The molecule has 0 amide bonds. The number of aromatic nitrogens is 1. The van der Waals surface area contributed by atoms with Crippen LogP contribution in [0.2, 0.25) is 0 Å². The summed E-state index contributed by atoms with van der Waals surface area (Å²) in [6.45, 7) is 8.92. The van der Waals surface area contributed by atoms with E-state index in [1.54, 1.807) is 25.2 Å². The quantitative estimate of drug-likeness (QED) is 0.389. The molecule has 0 aliphatic heterocycles. The molecule has 0 aliphatic rings. The lowest BCUT2D eigenvalue weighted by Crippen LogP contribution is -2.41. The third-order valence-corrected chi connectivity index (χ3v) is 6.33. The van der Waals surface area contributed by atoms with E-state index in [0.717, 1.165) is 17.2 Å². The Balaban J connectivity index is 0.00000484. The Morgan fingerprint density at radius 2 is 2.09 bits per heavy atom. The Hall–Kier alpha value is -0.420. The van der Waals surface area contributed by atoms with Crippen LogP contribution in [0, 0.1) is 6.92 Å². The minimum Gasteiger partial charge on any atom is -0.357 e. The second kappa shape index (κ2) is 9.16. The van der Waals surface area contributed by atoms with Crippen LogP contribution in [-0.2, 0) is 16.4 Å². The van der Waals surface area contributed by atoms with Gasteiger partial charge in [-0.3, -0.25) is 4.99 Å². The van der Waals surface area contributed by atoms with Crippen LogP contribution >= 0.6 is 35.3 Å². The molecule has 0 saturated carbocycles. The Labute approximate surface area is 160 Å². The van der Waals surface area contributed by atoms with Crippen molar-refractivity contribution in [3.05, 3.63) is 16.1 Å². The smallest absolute Gasteiger partial charge is 0.194 e. The van der Waals surface area contributed by atoms with Gasteiger partial charge in [0.25, 0.3) is 0 Å². The maximum absolute atomic E-state index is 11.8. The zero-order valence-electron chi connectivity index (χ0n) is 14.6. The van der Waals surface area contributed by atoms with Gasteiger partial charge in [0.2, 0.25) is 0 Å². The summed E-state index contributed by atoms with van der Waals surface area (Å²) >= 11 is 1.62. The molecule has 1 aromatic heterocycles. The van der Waals surface area contributed by atoms with Crippen molar-refractivity contribution in [3.8, 4) is 0 Å². The molecule has 1 rings (SSSR count). The molecule has 23 heavy (non-hydrogen) atoms. The second-order valence-electron chi connectivity index (χ2n) is 5.92. The summed E-state index contributed by atoms with van der Waals surface area (Å²) in [4.78, 5) is 10.9. The summed E-state index contributed by atoms with van der Waals surface area (Å²) in [5.41, 5.74) is 0.984. The Morgan fingerprint density at radius 3 is 2.52 bits per heavy atom. The van der Waals surface area contributed by atoms with Gasteiger partial charge in [0.05, 0.1) is 28.5 Å². The largest absolute Gasteiger partial charge is 0.357 e. The molecule has 1 N–H and O–H groups in total. The molecular formula is C14H27IN4O2S2. The van der Waals surface area contributed by atoms with E-state index in [1.165, 1.54) is 6.26 Å². The van der Waals surface area contributed by atoms with Crippen molar-refractivity contribution in [3.63, 3.8) is 0 Å². The summed E-state index contributed by atoms with van der Waals surface area (Å²) in [6, 6.07) is 0. The lowest BCUT2D eigenvalue weighted by molar-refractivity contribution is 0.468. The summed E-state index contributed by atoms with van der Waals surface area (Å²) in [5.74, 6) is 0.685. The summed E-state index contributed by atoms with van der Waals surface area (Å²) < 4.78 is 22.7. The molecule has 0 aliphatic carbocycles. The Morgan fingerprint density at radius 1 is 1.48 bits per heavy atom. The van der Waals surface area contributed by atoms with Gasteiger partial charge in [0, 0.05) is 25.2 Å². The molecule has 0 saturated heterocycles. The normalized spacial score (nSPS) is 12.7. The molecular weight excluding hydrogens is 447 g/mol. The highest BCUT2D eigenvalue weighted by molar-refractivity contribution is 14.0. The molecule has 0 atom stereocenters. The molecule has 0 spiro atoms. The maximum Gasteiger partial charge on any atom is 0.194 e. The first-order chi connectivity index (χ1) is 10.1. The third-order valence-electron chi connectivity index (χ3n) is 3.38. The average Bonchev–Trinajstić information content (AvgIpc) is 2.78. The molecule has 0 unspecified atom stereocenters. The van der Waals surface area contributed by atoms with E-state index < -0.39 is 14.6 Å². The van der Waals surface area contributed by atoms with Gasteiger partial charge in [-0.05, 0) is 27.7 Å². The molecule has 1 heterocycles. The number of aliphatic imine (C=N–C) groups is 1. The van der Waals surface area contributed by atoms with Crippen molar-refractivity contribution >= 4 is 51.1 Å². The molecule has 1 aromatic rings. The van der Waals surface area contributed by atoms with Gasteiger partial charge in [0.15, 0.2) is 15.8 Å². The molecule has 0 fully saturated rings. The van der Waals surface area contributed by atoms with E-state index in [9.17, 15) is 8.42 Å². The van der Waals surface area contributed by atoms with Crippen molar-refractivity contribution in [1.82, 2.24) is 15.2 Å². The van der Waals surface area contributed by atoms with E-state index >= 15 is 0 Å². The highest BCUT2D eigenvalue weighted by atomic mass is 127. The average molecular weight is 474 g/mol. The van der Waals surface area contributed by atoms with Gasteiger partial charge in [-0.2, -0.15) is 0 Å². The van der Waals surface area contributed by atoms with Gasteiger partial charge in [0.1, 0.15) is 0 Å². The SMILES string of the molecule is CCNC(=NCC(C)(C)S(C)(=O)=O)N(C)Cc1csc(C)n1.I. The summed E-state index contributed by atoms with van der Waals surface area (Å²) in [7, 11) is -1.24. The van der Waals surface area contributed by atoms with Crippen molar-refractivity contribution in [2.45, 2.75) is 39.0 Å². The fourth-order valence-corrected chi connectivity index (χ4v) is 2.55. The number of aryl methyl sites for hydroxylation is 1. The van der Waals surface area contributed by atoms with E-state index in [1.807, 2.05) is 31.2 Å². The minimum absolute atomic E-state index is 0. The number of nitrogens with one attached hydrogen (secondary N) is 1. The van der Waals surface area contributed by atoms with Crippen LogP contribution in [0.1, 0.15) is 31.5 Å². The predicted octanol–water partition coefficient (Wildman–Crippen LogP) is 2.29. The number of halogens is 1. The van der Waals surface area contributed by atoms with Crippen LogP contribution in [0.15, 0.2) is 10.4 Å². The van der Waals surface area contributed by atoms with E-state index in [4.69, 9.17) is 0 Å². The molecule has 134 valence electrons. The van der Waals surface area contributed by atoms with Crippen LogP contribution in [-0.4, -0.2) is 55.4 Å². The maximum atomic E-state index is 11.8. The molecule has 0 bridgehead atoms. The Kier molecular flexibility index (Phi) is 9.00. The molecule has 9 heteroatoms. The number of hydrogen-bond acceptors (Lipinski definition) is 5. The van der Waals surface area contributed by atoms with Crippen LogP contribution in [0.25, 0.3) is 0 Å². The van der Waals surface area contributed by atoms with Crippen molar-refractivity contribution in [2.75, 3.05) is 26.4 Å². The first kappa shape index (κ1) is 22.6. The van der Waals surface area contributed by atoms with Crippen LogP contribution in [0.4, 0.5) is 0 Å². The minimum atomic E-state index is -3.16. The van der Waals surface area contributed by atoms with E-state index in [0.29, 0.717) is 12.5 Å². The lowest BCUT2D eigenvalue weighted by atomic mass is 10.2. The first-order valence-corrected chi connectivity index (χ1v) is 9.94. The topological polar surface area (TPSA) is 74.7 Å². The predicted molar refractivity (Wildman–Crippen MR) is 109 cm³/mol. The number of hydrogen-bond donors (Lipinski definition) is 1. The molecule has 6 nitrogen and oxygen atoms in total. The molecule has 0 radical (unpaired) electrons. The van der Waals surface area contributed by atoms with Gasteiger partial charge < -0.3 is 10.2 Å². The van der Waals surface area contributed by atoms with Gasteiger partial charge in [-0.1, -0.05) is 0 Å². The number of nitrogens with zero attached hydrogens (tertiary/aromatic N) is 3. The highest BCUT2D eigenvalue weighted by Gasteiger charge is 2.30. The highest BCUT2D eigenvalue weighted by Crippen LogP contribution is 2.16. The van der Waals surface area contributed by atoms with Crippen molar-refractivity contribution < 1.29 is 8.42 Å². The number of thiazole rings is 1. The van der Waals surface area contributed by atoms with Crippen LogP contribution in [0.3, 0.4) is 0 Å². The van der Waals surface area contributed by atoms with Gasteiger partial charge in [-0.25, -0.2) is 13.4 Å². The monoisotopic (exact) mass is 474 g/mol. The lowest BCUT2D eigenvalue weighted by Gasteiger charge is -2.24. The second-order valence-corrected chi connectivity index (χ2v) is 9.63. The van der Waals surface area contributed by atoms with Crippen molar-refractivity contribution in [1.29, 1.82) is 0 Å². The standard InChI is InChI=1S/C14H26N4O2S2.HI/c1-7-15-13(16-10-14(3,4)22(6,19)20)18(5)8-12-9-21-11(2)17-12;/h9H,7-8,10H2,1-6H3,(H,15,16);1H. The Bertz CT molecular complexity index is 626. The van der Waals surface area contributed by atoms with Gasteiger partial charge >= 0.3 is 0 Å². The van der Waals surface area contributed by atoms with Gasteiger partial charge in [-0.15, -0.1) is 35.3 Å². The summed E-state index contributed by atoms with van der Waals surface area (Å²) in [6.07, 6.45) is 1.25. The van der Waals surface area contributed by atoms with Crippen LogP contribution in [0.5, 0.6) is 0 Å². The van der Waals surface area contributed by atoms with E-state index in [2.05, 4.69) is 15.3 Å². The molecule has 0 aromatic carbocycles.